The number of anilines is 1. The molecule has 0 radical (unpaired) electrons. The van der Waals surface area contributed by atoms with E-state index in [4.69, 9.17) is 34.7 Å². The summed E-state index contributed by atoms with van der Waals surface area (Å²) < 4.78 is 44.2. The Balaban J connectivity index is 1.51. The molecule has 0 bridgehead atoms. The molecule has 3 aromatic rings. The number of nitrogens with two attached hydrogens (primary N) is 2. The predicted molar refractivity (Wildman–Crippen MR) is 151 cm³/mol. The zero-order valence-electron chi connectivity index (χ0n) is 23.9. The third-order valence-corrected chi connectivity index (χ3v) is 7.80. The summed E-state index contributed by atoms with van der Waals surface area (Å²) in [6.45, 7) is 9.47. The number of para-hydroxylation sites is 1. The smallest absolute Gasteiger partial charge is 0.459 e. The summed E-state index contributed by atoms with van der Waals surface area (Å²) in [6.07, 6.45) is 0.580. The number of imidazole rings is 1. The first kappa shape index (κ1) is 30.7. The number of hydrogen-bond acceptors (Lipinski definition) is 12. The third-order valence-electron chi connectivity index (χ3n) is 6.16. The molecule has 5 unspecified atom stereocenters. The van der Waals surface area contributed by atoms with Crippen molar-refractivity contribution in [3.63, 3.8) is 0 Å². The largest absolute Gasteiger partial charge is 0.476 e. The van der Waals surface area contributed by atoms with Crippen molar-refractivity contribution >= 4 is 30.8 Å². The molecule has 4 rings (SSSR count). The van der Waals surface area contributed by atoms with Gasteiger partial charge >= 0.3 is 13.7 Å². The van der Waals surface area contributed by atoms with Crippen LogP contribution in [-0.2, 0) is 23.4 Å². The molecule has 1 aromatic carbocycles. The van der Waals surface area contributed by atoms with Gasteiger partial charge in [-0.1, -0.05) is 32.0 Å². The highest BCUT2D eigenvalue weighted by Crippen LogP contribution is 2.47. The molecule has 1 aliphatic heterocycles. The predicted octanol–water partition coefficient (Wildman–Crippen LogP) is 3.19. The van der Waals surface area contributed by atoms with Gasteiger partial charge in [-0.3, -0.25) is 13.9 Å². The van der Waals surface area contributed by atoms with E-state index in [1.807, 2.05) is 27.7 Å². The lowest BCUT2D eigenvalue weighted by atomic mass is 9.97. The fourth-order valence-electron chi connectivity index (χ4n) is 4.33. The SMILES string of the molecule is CCOc1nc(N)nc2c1ncn2C1OC(COP(=O)(NC(C)C(=O)OCC(C)C)Oc2ccccc2)CC1(C)N. The maximum Gasteiger partial charge on any atom is 0.459 e. The van der Waals surface area contributed by atoms with E-state index in [9.17, 15) is 9.36 Å². The van der Waals surface area contributed by atoms with Crippen LogP contribution in [0.25, 0.3) is 11.2 Å². The van der Waals surface area contributed by atoms with E-state index in [1.54, 1.807) is 34.9 Å². The van der Waals surface area contributed by atoms with Gasteiger partial charge in [0.15, 0.2) is 17.4 Å². The molecule has 0 saturated carbocycles. The molecule has 5 atom stereocenters. The summed E-state index contributed by atoms with van der Waals surface area (Å²) in [5.41, 5.74) is 12.5. The van der Waals surface area contributed by atoms with Gasteiger partial charge in [0.25, 0.3) is 0 Å². The summed E-state index contributed by atoms with van der Waals surface area (Å²) in [6, 6.07) is 7.55. The Kier molecular flexibility index (Phi) is 9.50. The van der Waals surface area contributed by atoms with Crippen LogP contribution >= 0.6 is 7.75 Å². The van der Waals surface area contributed by atoms with E-state index in [1.165, 1.54) is 13.3 Å². The molecule has 1 fully saturated rings. The minimum absolute atomic E-state index is 0.0189. The highest BCUT2D eigenvalue weighted by atomic mass is 31.2. The Hall–Kier alpha value is -3.29. The number of ether oxygens (including phenoxy) is 3. The van der Waals surface area contributed by atoms with Crippen molar-refractivity contribution in [1.82, 2.24) is 24.6 Å². The number of benzene rings is 1. The maximum absolute atomic E-state index is 13.9. The standard InChI is InChI=1S/C26H38N7O7P/c1-6-36-22-20-21(30-25(27)31-22)33(15-29-20)24-26(5,28)12-19(39-24)14-38-41(35,40-18-10-8-7-9-11-18)32-17(4)23(34)37-13-16(2)3/h7-11,15-17,19,24H,6,12-14,28H2,1-5H3,(H,32,35)(H2,27,30,31). The van der Waals surface area contributed by atoms with Crippen LogP contribution in [0.3, 0.4) is 0 Å². The molecular weight excluding hydrogens is 553 g/mol. The summed E-state index contributed by atoms with van der Waals surface area (Å²) in [5.74, 6) is 0.147. The summed E-state index contributed by atoms with van der Waals surface area (Å²) in [7, 11) is -4.08. The second-order valence-corrected chi connectivity index (χ2v) is 12.2. The average molecular weight is 592 g/mol. The van der Waals surface area contributed by atoms with Crippen LogP contribution in [0.15, 0.2) is 36.7 Å². The number of hydrogen-bond donors (Lipinski definition) is 3. The third kappa shape index (κ3) is 7.52. The van der Waals surface area contributed by atoms with E-state index >= 15 is 0 Å². The molecule has 0 aliphatic carbocycles. The van der Waals surface area contributed by atoms with Gasteiger partial charge in [0.2, 0.25) is 11.8 Å². The van der Waals surface area contributed by atoms with Gasteiger partial charge in [0.05, 0.1) is 37.8 Å². The zero-order chi connectivity index (χ0) is 29.8. The molecule has 3 heterocycles. The lowest BCUT2D eigenvalue weighted by Gasteiger charge is -2.26. The molecule has 1 saturated heterocycles. The first-order chi connectivity index (χ1) is 19.4. The normalized spacial score (nSPS) is 22.9. The minimum atomic E-state index is -4.08. The summed E-state index contributed by atoms with van der Waals surface area (Å²) >= 11 is 0. The quantitative estimate of drug-likeness (QED) is 0.194. The molecule has 2 aromatic heterocycles. The summed E-state index contributed by atoms with van der Waals surface area (Å²) in [4.78, 5) is 25.3. The molecule has 5 N–H and O–H groups in total. The lowest BCUT2D eigenvalue weighted by Crippen LogP contribution is -2.41. The van der Waals surface area contributed by atoms with Crippen molar-refractivity contribution in [1.29, 1.82) is 0 Å². The summed E-state index contributed by atoms with van der Waals surface area (Å²) in [5, 5.41) is 2.69. The molecule has 0 amide bonds. The van der Waals surface area contributed by atoms with Crippen LogP contribution in [0.5, 0.6) is 11.6 Å². The number of carbonyl (C=O) groups is 1. The van der Waals surface area contributed by atoms with E-state index in [2.05, 4.69) is 20.0 Å². The van der Waals surface area contributed by atoms with Crippen molar-refractivity contribution in [2.45, 2.75) is 65.0 Å². The fourth-order valence-corrected chi connectivity index (χ4v) is 5.85. The van der Waals surface area contributed by atoms with Gasteiger partial charge in [0.1, 0.15) is 11.8 Å². The number of fused-ring (bicyclic) bond motifs is 1. The van der Waals surface area contributed by atoms with Gasteiger partial charge in [0, 0.05) is 0 Å². The number of nitrogens with zero attached hydrogens (tertiary/aromatic N) is 4. The van der Waals surface area contributed by atoms with E-state index in [-0.39, 0.29) is 31.0 Å². The van der Waals surface area contributed by atoms with Crippen molar-refractivity contribution in [2.24, 2.45) is 11.7 Å². The van der Waals surface area contributed by atoms with Gasteiger partial charge in [-0.25, -0.2) is 9.55 Å². The molecule has 15 heteroatoms. The molecule has 224 valence electrons. The van der Waals surface area contributed by atoms with Gasteiger partial charge in [-0.05, 0) is 45.2 Å². The number of carbonyl (C=O) groups excluding carboxylic acids is 1. The molecule has 1 aliphatic rings. The van der Waals surface area contributed by atoms with E-state index in [0.29, 0.717) is 29.9 Å². The number of nitrogens with one attached hydrogen (secondary N) is 1. The average Bonchev–Trinajstić information content (AvgIpc) is 3.46. The van der Waals surface area contributed by atoms with Crippen molar-refractivity contribution in [3.05, 3.63) is 36.7 Å². The number of rotatable bonds is 13. The Morgan fingerprint density at radius 1 is 1.27 bits per heavy atom. The van der Waals surface area contributed by atoms with Crippen molar-refractivity contribution in [2.75, 3.05) is 25.6 Å². The first-order valence-electron chi connectivity index (χ1n) is 13.4. The highest BCUT2D eigenvalue weighted by Gasteiger charge is 2.45. The zero-order valence-corrected chi connectivity index (χ0v) is 24.7. The second kappa shape index (κ2) is 12.7. The van der Waals surface area contributed by atoms with Crippen LogP contribution in [0.1, 0.15) is 47.3 Å². The Morgan fingerprint density at radius 2 is 2.00 bits per heavy atom. The van der Waals surface area contributed by atoms with Crippen LogP contribution in [0.4, 0.5) is 5.95 Å². The highest BCUT2D eigenvalue weighted by molar-refractivity contribution is 7.52. The van der Waals surface area contributed by atoms with Crippen molar-refractivity contribution in [3.8, 4) is 11.6 Å². The van der Waals surface area contributed by atoms with Crippen molar-refractivity contribution < 1.29 is 32.6 Å². The molecular formula is C26H38N7O7P. The molecule has 14 nitrogen and oxygen atoms in total. The lowest BCUT2D eigenvalue weighted by molar-refractivity contribution is -0.146. The Labute approximate surface area is 238 Å². The monoisotopic (exact) mass is 591 g/mol. The topological polar surface area (TPSA) is 188 Å². The number of nitrogen functional groups attached to an aromatic ring is 1. The molecule has 41 heavy (non-hydrogen) atoms. The maximum atomic E-state index is 13.9. The van der Waals surface area contributed by atoms with Gasteiger partial charge in [-0.2, -0.15) is 15.1 Å². The van der Waals surface area contributed by atoms with Gasteiger partial charge < -0.3 is 30.2 Å². The first-order valence-corrected chi connectivity index (χ1v) is 15.0. The van der Waals surface area contributed by atoms with E-state index < -0.39 is 37.6 Å². The van der Waals surface area contributed by atoms with Crippen LogP contribution in [-0.4, -0.2) is 63.0 Å². The minimum Gasteiger partial charge on any atom is -0.476 e. The fraction of sp³-hybridized carbons (Fsp3) is 0.538. The van der Waals surface area contributed by atoms with Crippen LogP contribution in [0, 0.1) is 5.92 Å². The second-order valence-electron chi connectivity index (χ2n) is 10.5. The Morgan fingerprint density at radius 3 is 2.68 bits per heavy atom. The van der Waals surface area contributed by atoms with Crippen LogP contribution in [0.2, 0.25) is 0 Å². The molecule has 0 spiro atoms. The van der Waals surface area contributed by atoms with E-state index in [0.717, 1.165) is 0 Å². The number of esters is 1. The Bertz CT molecular complexity index is 1390. The number of aromatic nitrogens is 4. The van der Waals surface area contributed by atoms with Crippen LogP contribution < -0.4 is 25.8 Å². The van der Waals surface area contributed by atoms with Gasteiger partial charge in [-0.15, -0.1) is 0 Å².